The van der Waals surface area contributed by atoms with Crippen molar-refractivity contribution in [2.45, 2.75) is 13.2 Å². The second-order valence-corrected chi connectivity index (χ2v) is 3.21. The molecule has 2 nitrogen and oxygen atoms in total. The van der Waals surface area contributed by atoms with Gasteiger partial charge in [-0.25, -0.2) is 0 Å². The zero-order valence-corrected chi connectivity index (χ0v) is 8.45. The molecule has 0 aliphatic rings. The molecule has 0 heterocycles. The van der Waals surface area contributed by atoms with Crippen molar-refractivity contribution in [1.82, 2.24) is 0 Å². The van der Waals surface area contributed by atoms with Gasteiger partial charge in [-0.2, -0.15) is 8.78 Å². The van der Waals surface area contributed by atoms with Crippen molar-refractivity contribution in [1.29, 1.82) is 0 Å². The van der Waals surface area contributed by atoms with Gasteiger partial charge in [0.05, 0.1) is 10.0 Å². The van der Waals surface area contributed by atoms with E-state index in [4.69, 9.17) is 28.9 Å². The lowest BCUT2D eigenvalue weighted by Gasteiger charge is -2.11. The lowest BCUT2D eigenvalue weighted by molar-refractivity contribution is -0.0504. The van der Waals surface area contributed by atoms with E-state index in [-0.39, 0.29) is 27.9 Å². The molecule has 0 saturated heterocycles. The predicted molar refractivity (Wildman–Crippen MR) is 51.0 cm³/mol. The second kappa shape index (κ2) is 4.77. The number of alkyl halides is 2. The van der Waals surface area contributed by atoms with E-state index in [2.05, 4.69) is 4.74 Å². The normalized spacial score (nSPS) is 10.7. The molecule has 0 fully saturated rings. The number of halogens is 4. The molecule has 0 aliphatic carbocycles. The van der Waals surface area contributed by atoms with Crippen molar-refractivity contribution in [3.8, 4) is 5.75 Å². The van der Waals surface area contributed by atoms with Crippen LogP contribution < -0.4 is 10.5 Å². The summed E-state index contributed by atoms with van der Waals surface area (Å²) in [6.07, 6.45) is 0. The minimum absolute atomic E-state index is 0.0125. The summed E-state index contributed by atoms with van der Waals surface area (Å²) in [6, 6.07) is 2.68. The summed E-state index contributed by atoms with van der Waals surface area (Å²) in [4.78, 5) is 0. The average Bonchev–Trinajstić information content (AvgIpc) is 2.11. The van der Waals surface area contributed by atoms with Crippen LogP contribution in [0.5, 0.6) is 5.75 Å². The van der Waals surface area contributed by atoms with Crippen molar-refractivity contribution >= 4 is 23.2 Å². The first-order valence-corrected chi connectivity index (χ1v) is 4.43. The number of rotatable bonds is 3. The first kappa shape index (κ1) is 11.5. The van der Waals surface area contributed by atoms with Crippen molar-refractivity contribution in [2.24, 2.45) is 5.73 Å². The molecule has 0 saturated carbocycles. The molecule has 0 atom stereocenters. The van der Waals surface area contributed by atoms with Gasteiger partial charge < -0.3 is 10.5 Å². The van der Waals surface area contributed by atoms with E-state index < -0.39 is 6.61 Å². The highest BCUT2D eigenvalue weighted by molar-refractivity contribution is 6.42. The van der Waals surface area contributed by atoms with E-state index in [0.717, 1.165) is 0 Å². The Balaban J connectivity index is 3.10. The first-order chi connectivity index (χ1) is 6.56. The van der Waals surface area contributed by atoms with Crippen LogP contribution in [0, 0.1) is 0 Å². The SMILES string of the molecule is NCc1c(OC(F)F)ccc(Cl)c1Cl. The Morgan fingerprint density at radius 3 is 2.50 bits per heavy atom. The molecule has 14 heavy (non-hydrogen) atoms. The van der Waals surface area contributed by atoms with E-state index >= 15 is 0 Å². The molecule has 1 aromatic rings. The van der Waals surface area contributed by atoms with E-state index in [9.17, 15) is 8.78 Å². The van der Waals surface area contributed by atoms with Crippen LogP contribution in [0.25, 0.3) is 0 Å². The zero-order chi connectivity index (χ0) is 10.7. The largest absolute Gasteiger partial charge is 0.434 e. The maximum absolute atomic E-state index is 11.9. The van der Waals surface area contributed by atoms with E-state index in [1.165, 1.54) is 12.1 Å². The molecule has 6 heteroatoms. The molecule has 2 N–H and O–H groups in total. The van der Waals surface area contributed by atoms with E-state index in [1.807, 2.05) is 0 Å². The van der Waals surface area contributed by atoms with E-state index in [0.29, 0.717) is 0 Å². The molecule has 0 aliphatic heterocycles. The fraction of sp³-hybridized carbons (Fsp3) is 0.250. The van der Waals surface area contributed by atoms with Crippen LogP contribution in [0.15, 0.2) is 12.1 Å². The lowest BCUT2D eigenvalue weighted by Crippen LogP contribution is -2.07. The topological polar surface area (TPSA) is 35.2 Å². The smallest absolute Gasteiger partial charge is 0.387 e. The molecule has 0 radical (unpaired) electrons. The first-order valence-electron chi connectivity index (χ1n) is 3.68. The molecule has 78 valence electrons. The van der Waals surface area contributed by atoms with Crippen molar-refractivity contribution in [3.05, 3.63) is 27.7 Å². The highest BCUT2D eigenvalue weighted by Crippen LogP contribution is 2.33. The van der Waals surface area contributed by atoms with Crippen molar-refractivity contribution < 1.29 is 13.5 Å². The van der Waals surface area contributed by atoms with Crippen LogP contribution in [-0.4, -0.2) is 6.61 Å². The summed E-state index contributed by atoms with van der Waals surface area (Å²) in [6.45, 7) is -2.92. The molecule has 0 aromatic heterocycles. The fourth-order valence-corrected chi connectivity index (χ4v) is 1.38. The predicted octanol–water partition coefficient (Wildman–Crippen LogP) is 3.05. The molecule has 0 bridgehead atoms. The number of nitrogens with two attached hydrogens (primary N) is 1. The Bertz CT molecular complexity index is 333. The third kappa shape index (κ3) is 2.47. The number of hydrogen-bond donors (Lipinski definition) is 1. The fourth-order valence-electron chi connectivity index (χ4n) is 0.972. The van der Waals surface area contributed by atoms with Gasteiger partial charge in [-0.15, -0.1) is 0 Å². The summed E-state index contributed by atoms with van der Waals surface area (Å²) < 4.78 is 28.1. The molecule has 0 amide bonds. The molecular weight excluding hydrogens is 235 g/mol. The number of benzene rings is 1. The highest BCUT2D eigenvalue weighted by Gasteiger charge is 2.13. The van der Waals surface area contributed by atoms with Crippen molar-refractivity contribution in [2.75, 3.05) is 0 Å². The Labute approximate surface area is 89.6 Å². The van der Waals surface area contributed by atoms with Crippen LogP contribution in [0.4, 0.5) is 8.78 Å². The third-order valence-corrected chi connectivity index (χ3v) is 2.42. The van der Waals surface area contributed by atoms with Gasteiger partial charge in [0.25, 0.3) is 0 Å². The molecular formula is C8H7Cl2F2NO. The highest BCUT2D eigenvalue weighted by atomic mass is 35.5. The summed E-state index contributed by atoms with van der Waals surface area (Å²) in [5.74, 6) is -0.0445. The van der Waals surface area contributed by atoms with Gasteiger partial charge in [-0.1, -0.05) is 23.2 Å². The molecule has 0 spiro atoms. The van der Waals surface area contributed by atoms with Crippen LogP contribution in [-0.2, 0) is 6.54 Å². The lowest BCUT2D eigenvalue weighted by atomic mass is 10.2. The minimum atomic E-state index is -2.91. The van der Waals surface area contributed by atoms with Crippen molar-refractivity contribution in [3.63, 3.8) is 0 Å². The van der Waals surface area contributed by atoms with E-state index in [1.54, 1.807) is 0 Å². The van der Waals surface area contributed by atoms with Gasteiger partial charge in [0.1, 0.15) is 5.75 Å². The molecule has 1 aromatic carbocycles. The van der Waals surface area contributed by atoms with Gasteiger partial charge in [0, 0.05) is 12.1 Å². The van der Waals surface area contributed by atoms with Gasteiger partial charge in [-0.05, 0) is 12.1 Å². The van der Waals surface area contributed by atoms with Gasteiger partial charge in [-0.3, -0.25) is 0 Å². The Morgan fingerprint density at radius 2 is 2.00 bits per heavy atom. The molecule has 0 unspecified atom stereocenters. The van der Waals surface area contributed by atoms with Gasteiger partial charge in [0.2, 0.25) is 0 Å². The third-order valence-electron chi connectivity index (χ3n) is 1.57. The average molecular weight is 242 g/mol. The van der Waals surface area contributed by atoms with Gasteiger partial charge in [0.15, 0.2) is 0 Å². The maximum Gasteiger partial charge on any atom is 0.387 e. The number of ether oxygens (including phenoxy) is 1. The van der Waals surface area contributed by atoms with Crippen LogP contribution >= 0.6 is 23.2 Å². The summed E-state index contributed by atoms with van der Waals surface area (Å²) in [5, 5.41) is 0.404. The minimum Gasteiger partial charge on any atom is -0.434 e. The van der Waals surface area contributed by atoms with Crippen LogP contribution in [0.3, 0.4) is 0 Å². The standard InChI is InChI=1S/C8H7Cl2F2NO/c9-5-1-2-6(14-8(11)12)4(3-13)7(5)10/h1-2,8H,3,13H2. The quantitative estimate of drug-likeness (QED) is 0.883. The zero-order valence-electron chi connectivity index (χ0n) is 6.94. The summed E-state index contributed by atoms with van der Waals surface area (Å²) in [7, 11) is 0. The Kier molecular flexibility index (Phi) is 3.92. The van der Waals surface area contributed by atoms with Crippen LogP contribution in [0.1, 0.15) is 5.56 Å². The summed E-state index contributed by atoms with van der Waals surface area (Å²) in [5.41, 5.74) is 5.61. The monoisotopic (exact) mass is 241 g/mol. The Morgan fingerprint density at radius 1 is 1.36 bits per heavy atom. The Hall–Kier alpha value is -0.580. The van der Waals surface area contributed by atoms with Crippen LogP contribution in [0.2, 0.25) is 10.0 Å². The number of hydrogen-bond acceptors (Lipinski definition) is 2. The second-order valence-electron chi connectivity index (χ2n) is 2.42. The van der Waals surface area contributed by atoms with Gasteiger partial charge >= 0.3 is 6.61 Å². The summed E-state index contributed by atoms with van der Waals surface area (Å²) >= 11 is 11.4. The molecule has 1 rings (SSSR count). The maximum atomic E-state index is 11.9.